The first kappa shape index (κ1) is 14.3. The summed E-state index contributed by atoms with van der Waals surface area (Å²) in [5, 5.41) is 8.28. The Bertz CT molecular complexity index is 756. The third-order valence-corrected chi connectivity index (χ3v) is 3.45. The van der Waals surface area contributed by atoms with Gasteiger partial charge in [0.25, 0.3) is 0 Å². The van der Waals surface area contributed by atoms with Gasteiger partial charge in [0.05, 0.1) is 24.7 Å². The number of nitrogens with zero attached hydrogens (tertiary/aromatic N) is 3. The molecule has 112 valence electrons. The Morgan fingerprint density at radius 3 is 2.68 bits per heavy atom. The molecule has 0 aliphatic rings. The summed E-state index contributed by atoms with van der Waals surface area (Å²) >= 11 is 0. The Morgan fingerprint density at radius 2 is 1.91 bits per heavy atom. The molecule has 1 heterocycles. The van der Waals surface area contributed by atoms with Gasteiger partial charge in [-0.1, -0.05) is 23.4 Å². The molecule has 0 amide bonds. The monoisotopic (exact) mass is 297 g/mol. The van der Waals surface area contributed by atoms with Gasteiger partial charge in [-0.05, 0) is 48.7 Å². The maximum atomic E-state index is 13.3. The van der Waals surface area contributed by atoms with Crippen molar-refractivity contribution in [2.24, 2.45) is 0 Å². The van der Waals surface area contributed by atoms with Crippen LogP contribution in [0.4, 0.5) is 4.39 Å². The van der Waals surface area contributed by atoms with Crippen molar-refractivity contribution in [1.29, 1.82) is 0 Å². The van der Waals surface area contributed by atoms with Crippen LogP contribution in [-0.2, 0) is 12.8 Å². The SMILES string of the molecule is COc1ccc(F)cc1CCc1cn(-c2ccccc2)nn1. The molecule has 2 aromatic carbocycles. The minimum Gasteiger partial charge on any atom is -0.496 e. The van der Waals surface area contributed by atoms with Crippen molar-refractivity contribution in [3.63, 3.8) is 0 Å². The van der Waals surface area contributed by atoms with Gasteiger partial charge in [-0.15, -0.1) is 5.10 Å². The van der Waals surface area contributed by atoms with E-state index in [4.69, 9.17) is 4.74 Å². The van der Waals surface area contributed by atoms with Crippen molar-refractivity contribution in [1.82, 2.24) is 15.0 Å². The molecule has 5 heteroatoms. The molecule has 0 aliphatic heterocycles. The number of hydrogen-bond donors (Lipinski definition) is 0. The summed E-state index contributed by atoms with van der Waals surface area (Å²) in [6.07, 6.45) is 3.21. The molecule has 0 aliphatic carbocycles. The van der Waals surface area contributed by atoms with Crippen LogP contribution < -0.4 is 4.74 Å². The second kappa shape index (κ2) is 6.39. The Kier molecular flexibility index (Phi) is 4.14. The quantitative estimate of drug-likeness (QED) is 0.726. The number of halogens is 1. The number of methoxy groups -OCH3 is 1. The molecule has 22 heavy (non-hydrogen) atoms. The van der Waals surface area contributed by atoms with Crippen LogP contribution in [0.25, 0.3) is 5.69 Å². The molecule has 0 fully saturated rings. The van der Waals surface area contributed by atoms with Crippen LogP contribution in [0.1, 0.15) is 11.3 Å². The lowest BCUT2D eigenvalue weighted by molar-refractivity contribution is 0.408. The molecular weight excluding hydrogens is 281 g/mol. The van der Waals surface area contributed by atoms with Gasteiger partial charge in [0.15, 0.2) is 0 Å². The van der Waals surface area contributed by atoms with Crippen molar-refractivity contribution in [3.05, 3.63) is 71.8 Å². The Labute approximate surface area is 128 Å². The first-order valence-electron chi connectivity index (χ1n) is 7.05. The third kappa shape index (κ3) is 3.14. The van der Waals surface area contributed by atoms with E-state index < -0.39 is 0 Å². The van der Waals surface area contributed by atoms with E-state index in [9.17, 15) is 4.39 Å². The zero-order chi connectivity index (χ0) is 15.4. The molecule has 3 rings (SSSR count). The number of ether oxygens (including phenoxy) is 1. The van der Waals surface area contributed by atoms with Crippen molar-refractivity contribution < 1.29 is 9.13 Å². The highest BCUT2D eigenvalue weighted by atomic mass is 19.1. The van der Waals surface area contributed by atoms with Crippen molar-refractivity contribution in [2.75, 3.05) is 7.11 Å². The number of rotatable bonds is 5. The average molecular weight is 297 g/mol. The molecule has 0 saturated heterocycles. The lowest BCUT2D eigenvalue weighted by Crippen LogP contribution is -1.97. The average Bonchev–Trinajstić information content (AvgIpc) is 3.03. The highest BCUT2D eigenvalue weighted by molar-refractivity contribution is 5.34. The van der Waals surface area contributed by atoms with Crippen LogP contribution in [0.5, 0.6) is 5.75 Å². The predicted molar refractivity (Wildman–Crippen MR) is 81.7 cm³/mol. The molecule has 0 saturated carbocycles. The van der Waals surface area contributed by atoms with Crippen LogP contribution in [-0.4, -0.2) is 22.1 Å². The van der Waals surface area contributed by atoms with Gasteiger partial charge in [-0.3, -0.25) is 0 Å². The van der Waals surface area contributed by atoms with Gasteiger partial charge in [0.2, 0.25) is 0 Å². The lowest BCUT2D eigenvalue weighted by atomic mass is 10.1. The van der Waals surface area contributed by atoms with Gasteiger partial charge in [0, 0.05) is 0 Å². The molecular formula is C17H16FN3O. The molecule has 0 unspecified atom stereocenters. The minimum absolute atomic E-state index is 0.260. The lowest BCUT2D eigenvalue weighted by Gasteiger charge is -2.07. The summed E-state index contributed by atoms with van der Waals surface area (Å²) in [4.78, 5) is 0. The summed E-state index contributed by atoms with van der Waals surface area (Å²) in [7, 11) is 1.59. The maximum Gasteiger partial charge on any atom is 0.123 e. The van der Waals surface area contributed by atoms with E-state index in [1.54, 1.807) is 17.9 Å². The zero-order valence-electron chi connectivity index (χ0n) is 12.2. The zero-order valence-corrected chi connectivity index (χ0v) is 12.2. The van der Waals surface area contributed by atoms with Gasteiger partial charge in [0.1, 0.15) is 11.6 Å². The van der Waals surface area contributed by atoms with Gasteiger partial charge < -0.3 is 4.74 Å². The van der Waals surface area contributed by atoms with E-state index in [1.165, 1.54) is 12.1 Å². The second-order valence-corrected chi connectivity index (χ2v) is 4.95. The summed E-state index contributed by atoms with van der Waals surface area (Å²) < 4.78 is 20.3. The minimum atomic E-state index is -0.260. The normalized spacial score (nSPS) is 10.6. The van der Waals surface area contributed by atoms with E-state index >= 15 is 0 Å². The van der Waals surface area contributed by atoms with Crippen LogP contribution in [0.15, 0.2) is 54.7 Å². The van der Waals surface area contributed by atoms with Crippen molar-refractivity contribution in [2.45, 2.75) is 12.8 Å². The molecule has 0 bridgehead atoms. The first-order valence-corrected chi connectivity index (χ1v) is 7.05. The predicted octanol–water partition coefficient (Wildman–Crippen LogP) is 3.20. The van der Waals surface area contributed by atoms with Crippen LogP contribution in [0.2, 0.25) is 0 Å². The van der Waals surface area contributed by atoms with Crippen molar-refractivity contribution in [3.8, 4) is 11.4 Å². The fourth-order valence-electron chi connectivity index (χ4n) is 2.33. The topological polar surface area (TPSA) is 39.9 Å². The maximum absolute atomic E-state index is 13.3. The number of aromatic nitrogens is 3. The van der Waals surface area contributed by atoms with E-state index in [2.05, 4.69) is 10.3 Å². The fraction of sp³-hybridized carbons (Fsp3) is 0.176. The highest BCUT2D eigenvalue weighted by Gasteiger charge is 2.07. The standard InChI is InChI=1S/C17H16FN3O/c1-22-17-10-8-14(18)11-13(17)7-9-15-12-21(20-19-15)16-5-3-2-4-6-16/h2-6,8,10-12H,7,9H2,1H3. The smallest absolute Gasteiger partial charge is 0.123 e. The summed E-state index contributed by atoms with van der Waals surface area (Å²) in [5.74, 6) is 0.431. The van der Waals surface area contributed by atoms with E-state index in [1.807, 2.05) is 36.5 Å². The summed E-state index contributed by atoms with van der Waals surface area (Å²) in [6, 6.07) is 14.3. The molecule has 0 N–H and O–H groups in total. The first-order chi connectivity index (χ1) is 10.8. The van der Waals surface area contributed by atoms with E-state index in [0.29, 0.717) is 18.6 Å². The van der Waals surface area contributed by atoms with Gasteiger partial charge >= 0.3 is 0 Å². The number of para-hydroxylation sites is 1. The van der Waals surface area contributed by atoms with Gasteiger partial charge in [-0.2, -0.15) is 0 Å². The molecule has 3 aromatic rings. The van der Waals surface area contributed by atoms with E-state index in [0.717, 1.165) is 16.9 Å². The molecule has 1 aromatic heterocycles. The highest BCUT2D eigenvalue weighted by Crippen LogP contribution is 2.21. The fourth-order valence-corrected chi connectivity index (χ4v) is 2.33. The number of aryl methyl sites for hydroxylation is 2. The van der Waals surface area contributed by atoms with Gasteiger partial charge in [-0.25, -0.2) is 9.07 Å². The summed E-state index contributed by atoms with van der Waals surface area (Å²) in [6.45, 7) is 0. The number of hydrogen-bond acceptors (Lipinski definition) is 3. The Balaban J connectivity index is 1.73. The van der Waals surface area contributed by atoms with Crippen LogP contribution in [0, 0.1) is 5.82 Å². The molecule has 0 radical (unpaired) electrons. The van der Waals surface area contributed by atoms with Crippen molar-refractivity contribution >= 4 is 0 Å². The summed E-state index contributed by atoms with van der Waals surface area (Å²) in [5.41, 5.74) is 2.65. The Hall–Kier alpha value is -2.69. The largest absolute Gasteiger partial charge is 0.496 e. The second-order valence-electron chi connectivity index (χ2n) is 4.95. The Morgan fingerprint density at radius 1 is 1.09 bits per heavy atom. The van der Waals surface area contributed by atoms with Crippen LogP contribution >= 0.6 is 0 Å². The number of benzene rings is 2. The molecule has 4 nitrogen and oxygen atoms in total. The molecule has 0 atom stereocenters. The van der Waals surface area contributed by atoms with Crippen LogP contribution in [0.3, 0.4) is 0 Å². The third-order valence-electron chi connectivity index (χ3n) is 3.45. The van der Waals surface area contributed by atoms with E-state index in [-0.39, 0.29) is 5.82 Å². The molecule has 0 spiro atoms.